The van der Waals surface area contributed by atoms with E-state index in [4.69, 9.17) is 5.73 Å². The van der Waals surface area contributed by atoms with Crippen molar-refractivity contribution >= 4 is 0 Å². The highest BCUT2D eigenvalue weighted by molar-refractivity contribution is 5.04. The van der Waals surface area contributed by atoms with Crippen LogP contribution >= 0.6 is 0 Å². The van der Waals surface area contributed by atoms with Crippen molar-refractivity contribution in [3.8, 4) is 0 Å². The van der Waals surface area contributed by atoms with E-state index in [1.807, 2.05) is 0 Å². The summed E-state index contributed by atoms with van der Waals surface area (Å²) in [6.45, 7) is 8.94. The van der Waals surface area contributed by atoms with E-state index in [0.717, 1.165) is 12.5 Å². The Morgan fingerprint density at radius 3 is 2.93 bits per heavy atom. The van der Waals surface area contributed by atoms with Crippen LogP contribution in [0, 0.1) is 5.92 Å². The molecule has 0 saturated heterocycles. The molecule has 82 valence electrons. The molecule has 0 spiro atoms. The van der Waals surface area contributed by atoms with E-state index in [2.05, 4.69) is 24.8 Å². The lowest BCUT2D eigenvalue weighted by Gasteiger charge is -2.27. The molecule has 0 radical (unpaired) electrons. The van der Waals surface area contributed by atoms with Crippen molar-refractivity contribution in [2.75, 3.05) is 26.2 Å². The van der Waals surface area contributed by atoms with Crippen LogP contribution in [0.5, 0.6) is 0 Å². The Kier molecular flexibility index (Phi) is 5.20. The van der Waals surface area contributed by atoms with Crippen LogP contribution in [-0.4, -0.2) is 31.1 Å². The minimum absolute atomic E-state index is 0.723. The summed E-state index contributed by atoms with van der Waals surface area (Å²) in [4.78, 5) is 2.55. The zero-order valence-electron chi connectivity index (χ0n) is 9.63. The normalized spacial score (nSPS) is 20.6. The molecular formula is C12H24N2. The average Bonchev–Trinajstić information content (AvgIpc) is 2.19. The van der Waals surface area contributed by atoms with Crippen LogP contribution in [0.4, 0.5) is 0 Å². The molecule has 0 aliphatic carbocycles. The molecule has 1 atom stereocenters. The molecule has 0 aromatic heterocycles. The second-order valence-electron chi connectivity index (χ2n) is 4.41. The summed E-state index contributed by atoms with van der Waals surface area (Å²) in [5, 5.41) is 0. The molecule has 1 unspecified atom stereocenters. The topological polar surface area (TPSA) is 29.3 Å². The van der Waals surface area contributed by atoms with Crippen LogP contribution in [-0.2, 0) is 0 Å². The van der Waals surface area contributed by atoms with Gasteiger partial charge in [0.2, 0.25) is 0 Å². The van der Waals surface area contributed by atoms with Crippen molar-refractivity contribution in [1.29, 1.82) is 0 Å². The van der Waals surface area contributed by atoms with Crippen molar-refractivity contribution in [1.82, 2.24) is 4.90 Å². The molecule has 1 aliphatic heterocycles. The van der Waals surface area contributed by atoms with Gasteiger partial charge in [-0.2, -0.15) is 0 Å². The molecule has 0 aromatic carbocycles. The predicted octanol–water partition coefficient (Wildman–Crippen LogP) is 2.01. The van der Waals surface area contributed by atoms with Gasteiger partial charge in [-0.3, -0.25) is 4.90 Å². The molecule has 0 saturated carbocycles. The van der Waals surface area contributed by atoms with Crippen molar-refractivity contribution < 1.29 is 0 Å². The van der Waals surface area contributed by atoms with Crippen LogP contribution in [0.15, 0.2) is 11.6 Å². The predicted molar refractivity (Wildman–Crippen MR) is 62.3 cm³/mol. The summed E-state index contributed by atoms with van der Waals surface area (Å²) in [6.07, 6.45) is 6.07. The first-order valence-corrected chi connectivity index (χ1v) is 5.84. The van der Waals surface area contributed by atoms with Gasteiger partial charge in [0.05, 0.1) is 0 Å². The van der Waals surface area contributed by atoms with Crippen molar-refractivity contribution in [2.24, 2.45) is 11.7 Å². The second kappa shape index (κ2) is 6.20. The summed E-state index contributed by atoms with van der Waals surface area (Å²) in [5.74, 6) is 0.723. The fourth-order valence-corrected chi connectivity index (χ4v) is 2.03. The first-order chi connectivity index (χ1) is 6.76. The molecule has 1 aliphatic rings. The Morgan fingerprint density at radius 1 is 1.57 bits per heavy atom. The fourth-order valence-electron chi connectivity index (χ4n) is 2.03. The number of hydrogen-bond donors (Lipinski definition) is 1. The van der Waals surface area contributed by atoms with Crippen LogP contribution in [0.25, 0.3) is 0 Å². The van der Waals surface area contributed by atoms with Crippen molar-refractivity contribution in [2.45, 2.75) is 33.1 Å². The van der Waals surface area contributed by atoms with E-state index in [1.165, 1.54) is 44.5 Å². The maximum absolute atomic E-state index is 5.70. The third-order valence-electron chi connectivity index (χ3n) is 3.18. The molecule has 0 aromatic rings. The Labute approximate surface area is 88.2 Å². The van der Waals surface area contributed by atoms with E-state index in [0.29, 0.717) is 0 Å². The molecule has 0 bridgehead atoms. The number of rotatable bonds is 5. The van der Waals surface area contributed by atoms with Gasteiger partial charge in [-0.1, -0.05) is 25.0 Å². The summed E-state index contributed by atoms with van der Waals surface area (Å²) in [7, 11) is 0. The van der Waals surface area contributed by atoms with Gasteiger partial charge < -0.3 is 5.73 Å². The zero-order valence-corrected chi connectivity index (χ0v) is 9.63. The highest BCUT2D eigenvalue weighted by atomic mass is 15.1. The van der Waals surface area contributed by atoms with Gasteiger partial charge >= 0.3 is 0 Å². The maximum atomic E-state index is 5.70. The van der Waals surface area contributed by atoms with E-state index < -0.39 is 0 Å². The smallest absolute Gasteiger partial charge is 0.0190 e. The number of nitrogens with two attached hydrogens (primary N) is 1. The molecule has 1 heterocycles. The Balaban J connectivity index is 2.21. The molecule has 2 nitrogen and oxygen atoms in total. The number of nitrogens with zero attached hydrogens (tertiary/aromatic N) is 1. The molecule has 2 heteroatoms. The van der Waals surface area contributed by atoms with Gasteiger partial charge in [-0.25, -0.2) is 0 Å². The Hall–Kier alpha value is -0.340. The van der Waals surface area contributed by atoms with Crippen LogP contribution in [0.1, 0.15) is 33.1 Å². The van der Waals surface area contributed by atoms with Gasteiger partial charge in [-0.05, 0) is 38.8 Å². The highest BCUT2D eigenvalue weighted by Crippen LogP contribution is 2.12. The SMILES string of the molecule is CCC(CN)CCN1CCC=C(C)C1. The largest absolute Gasteiger partial charge is 0.330 e. The summed E-state index contributed by atoms with van der Waals surface area (Å²) in [5.41, 5.74) is 7.22. The standard InChI is InChI=1S/C12H24N2/c1-3-12(9-13)6-8-14-7-4-5-11(2)10-14/h5,12H,3-4,6-10,13H2,1-2H3. The Bertz CT molecular complexity index is 183. The fraction of sp³-hybridized carbons (Fsp3) is 0.833. The lowest BCUT2D eigenvalue weighted by molar-refractivity contribution is 0.264. The van der Waals surface area contributed by atoms with Gasteiger partial charge in [0.1, 0.15) is 0 Å². The lowest BCUT2D eigenvalue weighted by atomic mass is 10.0. The lowest BCUT2D eigenvalue weighted by Crippen LogP contribution is -2.32. The van der Waals surface area contributed by atoms with Crippen molar-refractivity contribution in [3.63, 3.8) is 0 Å². The summed E-state index contributed by atoms with van der Waals surface area (Å²) < 4.78 is 0. The van der Waals surface area contributed by atoms with Gasteiger partial charge in [0, 0.05) is 13.1 Å². The molecule has 14 heavy (non-hydrogen) atoms. The maximum Gasteiger partial charge on any atom is 0.0190 e. The monoisotopic (exact) mass is 196 g/mol. The van der Waals surface area contributed by atoms with Crippen LogP contribution < -0.4 is 5.73 Å². The minimum Gasteiger partial charge on any atom is -0.330 e. The molecule has 0 amide bonds. The van der Waals surface area contributed by atoms with Crippen molar-refractivity contribution in [3.05, 3.63) is 11.6 Å². The first-order valence-electron chi connectivity index (χ1n) is 5.84. The minimum atomic E-state index is 0.723. The zero-order chi connectivity index (χ0) is 10.4. The van der Waals surface area contributed by atoms with Gasteiger partial charge in [-0.15, -0.1) is 0 Å². The van der Waals surface area contributed by atoms with Gasteiger partial charge in [0.15, 0.2) is 0 Å². The van der Waals surface area contributed by atoms with E-state index in [-0.39, 0.29) is 0 Å². The second-order valence-corrected chi connectivity index (χ2v) is 4.41. The van der Waals surface area contributed by atoms with E-state index in [1.54, 1.807) is 0 Å². The molecule has 1 rings (SSSR count). The molecular weight excluding hydrogens is 172 g/mol. The average molecular weight is 196 g/mol. The third kappa shape index (κ3) is 3.81. The Morgan fingerprint density at radius 2 is 2.36 bits per heavy atom. The molecule has 2 N–H and O–H groups in total. The highest BCUT2D eigenvalue weighted by Gasteiger charge is 2.11. The summed E-state index contributed by atoms with van der Waals surface area (Å²) >= 11 is 0. The van der Waals surface area contributed by atoms with Crippen LogP contribution in [0.3, 0.4) is 0 Å². The molecule has 0 fully saturated rings. The summed E-state index contributed by atoms with van der Waals surface area (Å²) in [6, 6.07) is 0. The van der Waals surface area contributed by atoms with E-state index >= 15 is 0 Å². The van der Waals surface area contributed by atoms with E-state index in [9.17, 15) is 0 Å². The first kappa shape index (κ1) is 11.7. The van der Waals surface area contributed by atoms with Crippen LogP contribution in [0.2, 0.25) is 0 Å². The van der Waals surface area contributed by atoms with Gasteiger partial charge in [0.25, 0.3) is 0 Å². The quantitative estimate of drug-likeness (QED) is 0.682. The third-order valence-corrected chi connectivity index (χ3v) is 3.18. The number of hydrogen-bond acceptors (Lipinski definition) is 2.